The van der Waals surface area contributed by atoms with Crippen molar-refractivity contribution in [1.82, 2.24) is 20.1 Å². The zero-order valence-corrected chi connectivity index (χ0v) is 17.0. The second-order valence-corrected chi connectivity index (χ2v) is 8.05. The third-order valence-electron chi connectivity index (χ3n) is 4.91. The second-order valence-electron chi connectivity index (χ2n) is 7.10. The van der Waals surface area contributed by atoms with Crippen LogP contribution in [0.1, 0.15) is 42.7 Å². The Kier molecular flexibility index (Phi) is 6.18. The van der Waals surface area contributed by atoms with Crippen molar-refractivity contribution < 1.29 is 18.7 Å². The van der Waals surface area contributed by atoms with E-state index >= 15 is 0 Å². The molecular formula is C21H21FN4O3S. The largest absolute Gasteiger partial charge is 0.450 e. The quantitative estimate of drug-likeness (QED) is 0.605. The van der Waals surface area contributed by atoms with Crippen LogP contribution in [-0.4, -0.2) is 39.3 Å². The molecule has 0 bridgehead atoms. The fourth-order valence-corrected chi connectivity index (χ4v) is 4.14. The molecule has 3 aromatic rings. The molecule has 0 aliphatic heterocycles. The van der Waals surface area contributed by atoms with Gasteiger partial charge in [0.1, 0.15) is 5.82 Å². The smallest absolute Gasteiger partial charge is 0.378 e. The van der Waals surface area contributed by atoms with E-state index in [1.165, 1.54) is 34.6 Å². The zero-order valence-electron chi connectivity index (χ0n) is 16.2. The molecule has 0 spiro atoms. The molecule has 4 rings (SSSR count). The molecule has 1 aromatic carbocycles. The number of nitrogens with zero attached hydrogens (tertiary/aromatic N) is 3. The first kappa shape index (κ1) is 20.2. The number of hydrogen-bond acceptors (Lipinski definition) is 6. The van der Waals surface area contributed by atoms with Gasteiger partial charge in [0.2, 0.25) is 0 Å². The Bertz CT molecular complexity index is 1010. The van der Waals surface area contributed by atoms with Gasteiger partial charge in [0.15, 0.2) is 12.4 Å². The fraction of sp³-hybridized carbons (Fsp3) is 0.333. The van der Waals surface area contributed by atoms with Gasteiger partial charge in [0.25, 0.3) is 11.7 Å². The summed E-state index contributed by atoms with van der Waals surface area (Å²) in [5, 5.41) is 9.02. The summed E-state index contributed by atoms with van der Waals surface area (Å²) in [6.07, 6.45) is 5.29. The number of esters is 1. The number of ether oxygens (including phenoxy) is 1. The number of hydrogen-bond donors (Lipinski definition) is 1. The molecule has 1 saturated carbocycles. The van der Waals surface area contributed by atoms with Gasteiger partial charge in [-0.15, -0.1) is 16.4 Å². The average Bonchev–Trinajstić information content (AvgIpc) is 3.43. The molecule has 1 amide bonds. The van der Waals surface area contributed by atoms with Crippen molar-refractivity contribution in [2.75, 3.05) is 6.61 Å². The van der Waals surface area contributed by atoms with Gasteiger partial charge in [-0.2, -0.15) is 4.98 Å². The van der Waals surface area contributed by atoms with Gasteiger partial charge < -0.3 is 10.1 Å². The van der Waals surface area contributed by atoms with E-state index in [-0.39, 0.29) is 30.2 Å². The first-order valence-electron chi connectivity index (χ1n) is 9.83. The molecule has 156 valence electrons. The van der Waals surface area contributed by atoms with Crippen molar-refractivity contribution in [2.24, 2.45) is 0 Å². The highest BCUT2D eigenvalue weighted by molar-refractivity contribution is 7.13. The number of benzene rings is 1. The molecule has 0 unspecified atom stereocenters. The summed E-state index contributed by atoms with van der Waals surface area (Å²) >= 11 is 1.44. The molecule has 7 nitrogen and oxygen atoms in total. The van der Waals surface area contributed by atoms with Crippen LogP contribution in [0.15, 0.2) is 41.8 Å². The number of amides is 1. The third-order valence-corrected chi connectivity index (χ3v) is 5.77. The molecule has 9 heteroatoms. The number of nitrogens with one attached hydrogen (secondary N) is 1. The minimum Gasteiger partial charge on any atom is -0.450 e. The summed E-state index contributed by atoms with van der Waals surface area (Å²) in [4.78, 5) is 29.7. The number of halogens is 1. The summed E-state index contributed by atoms with van der Waals surface area (Å²) in [5.41, 5.74) is 0.557. The lowest BCUT2D eigenvalue weighted by Gasteiger charge is -2.22. The van der Waals surface area contributed by atoms with Gasteiger partial charge in [-0.3, -0.25) is 4.79 Å². The van der Waals surface area contributed by atoms with E-state index in [0.717, 1.165) is 30.6 Å². The van der Waals surface area contributed by atoms with Crippen LogP contribution in [0.25, 0.3) is 16.4 Å². The third kappa shape index (κ3) is 4.73. The Balaban J connectivity index is 1.48. The first-order chi connectivity index (χ1) is 14.6. The van der Waals surface area contributed by atoms with Crippen LogP contribution < -0.4 is 5.32 Å². The molecule has 1 fully saturated rings. The van der Waals surface area contributed by atoms with Crippen LogP contribution in [0.2, 0.25) is 0 Å². The minimum atomic E-state index is -0.785. The topological polar surface area (TPSA) is 86.1 Å². The maximum Gasteiger partial charge on any atom is 0.378 e. The average molecular weight is 428 g/mol. The van der Waals surface area contributed by atoms with Crippen LogP contribution >= 0.6 is 11.3 Å². The highest BCUT2D eigenvalue weighted by Gasteiger charge is 2.22. The summed E-state index contributed by atoms with van der Waals surface area (Å²) < 4.78 is 19.9. The first-order valence-corrected chi connectivity index (χ1v) is 10.7. The van der Waals surface area contributed by atoms with Gasteiger partial charge in [-0.05, 0) is 48.6 Å². The van der Waals surface area contributed by atoms with E-state index in [0.29, 0.717) is 11.5 Å². The lowest BCUT2D eigenvalue weighted by molar-refractivity contribution is -0.125. The van der Waals surface area contributed by atoms with E-state index in [4.69, 9.17) is 4.74 Å². The molecule has 2 heterocycles. The van der Waals surface area contributed by atoms with E-state index in [1.54, 1.807) is 12.1 Å². The van der Waals surface area contributed by atoms with Gasteiger partial charge in [-0.25, -0.2) is 13.9 Å². The fourth-order valence-electron chi connectivity index (χ4n) is 3.44. The Hall–Kier alpha value is -3.07. The number of carbonyl (C=O) groups excluding carboxylic acids is 2. The Morgan fingerprint density at radius 1 is 1.17 bits per heavy atom. The molecule has 0 radical (unpaired) electrons. The second kappa shape index (κ2) is 9.17. The lowest BCUT2D eigenvalue weighted by atomic mass is 9.95. The van der Waals surface area contributed by atoms with Crippen molar-refractivity contribution >= 4 is 23.2 Å². The molecule has 30 heavy (non-hydrogen) atoms. The van der Waals surface area contributed by atoms with Crippen molar-refractivity contribution in [3.63, 3.8) is 0 Å². The Morgan fingerprint density at radius 2 is 1.93 bits per heavy atom. The lowest BCUT2D eigenvalue weighted by Crippen LogP contribution is -2.38. The standard InChI is InChI=1S/C21H21FN4O3S/c22-14-8-10-16(11-9-14)26-20(17-7-4-12-30-17)24-19(25-26)21(28)29-13-18(27)23-15-5-2-1-3-6-15/h4,7-12,15H,1-3,5-6,13H2,(H,23,27). The monoisotopic (exact) mass is 428 g/mol. The molecule has 0 saturated heterocycles. The summed E-state index contributed by atoms with van der Waals surface area (Å²) in [6.45, 7) is -0.380. The highest BCUT2D eigenvalue weighted by atomic mass is 32.1. The van der Waals surface area contributed by atoms with Gasteiger partial charge in [0, 0.05) is 6.04 Å². The number of thiophene rings is 1. The summed E-state index contributed by atoms with van der Waals surface area (Å²) in [7, 11) is 0. The molecule has 2 aromatic heterocycles. The molecule has 0 atom stereocenters. The maximum absolute atomic E-state index is 13.3. The Labute approximate surface area is 176 Å². The van der Waals surface area contributed by atoms with Crippen LogP contribution in [0, 0.1) is 5.82 Å². The predicted octanol–water partition coefficient (Wildman–Crippen LogP) is 3.74. The van der Waals surface area contributed by atoms with Crippen molar-refractivity contribution in [2.45, 2.75) is 38.1 Å². The number of aromatic nitrogens is 3. The molecular weight excluding hydrogens is 407 g/mol. The van der Waals surface area contributed by atoms with Gasteiger partial charge >= 0.3 is 5.97 Å². The van der Waals surface area contributed by atoms with E-state index < -0.39 is 5.97 Å². The maximum atomic E-state index is 13.3. The minimum absolute atomic E-state index is 0.145. The summed E-state index contributed by atoms with van der Waals surface area (Å²) in [6, 6.07) is 9.57. The van der Waals surface area contributed by atoms with Crippen molar-refractivity contribution in [3.8, 4) is 16.4 Å². The number of carbonyl (C=O) groups is 2. The zero-order chi connectivity index (χ0) is 20.9. The van der Waals surface area contributed by atoms with E-state index in [2.05, 4.69) is 15.4 Å². The van der Waals surface area contributed by atoms with Gasteiger partial charge in [0.05, 0.1) is 10.6 Å². The van der Waals surface area contributed by atoms with Gasteiger partial charge in [-0.1, -0.05) is 25.3 Å². The number of rotatable bonds is 6. The molecule has 1 aliphatic carbocycles. The van der Waals surface area contributed by atoms with E-state index in [9.17, 15) is 14.0 Å². The van der Waals surface area contributed by atoms with Crippen molar-refractivity contribution in [3.05, 3.63) is 53.4 Å². The van der Waals surface area contributed by atoms with Crippen molar-refractivity contribution in [1.29, 1.82) is 0 Å². The van der Waals surface area contributed by atoms with Crippen LogP contribution in [0.5, 0.6) is 0 Å². The Morgan fingerprint density at radius 3 is 2.63 bits per heavy atom. The molecule has 1 N–H and O–H groups in total. The normalized spacial score (nSPS) is 14.4. The highest BCUT2D eigenvalue weighted by Crippen LogP contribution is 2.26. The SMILES string of the molecule is O=C(COC(=O)c1nc(-c2cccs2)n(-c2ccc(F)cc2)n1)NC1CCCCC1. The summed E-state index contributed by atoms with van der Waals surface area (Å²) in [5.74, 6) is -1.21. The predicted molar refractivity (Wildman–Crippen MR) is 110 cm³/mol. The molecule has 1 aliphatic rings. The van der Waals surface area contributed by atoms with E-state index in [1.807, 2.05) is 17.5 Å². The van der Waals surface area contributed by atoms with Crippen LogP contribution in [-0.2, 0) is 9.53 Å². The van der Waals surface area contributed by atoms with Crippen LogP contribution in [0.3, 0.4) is 0 Å². The van der Waals surface area contributed by atoms with Crippen LogP contribution in [0.4, 0.5) is 4.39 Å².